The van der Waals surface area contributed by atoms with Crippen LogP contribution in [0.4, 0.5) is 0 Å². The summed E-state index contributed by atoms with van der Waals surface area (Å²) in [6.45, 7) is 4.30. The van der Waals surface area contributed by atoms with E-state index in [1.54, 1.807) is 12.1 Å². The first kappa shape index (κ1) is 17.1. The van der Waals surface area contributed by atoms with Crippen LogP contribution in [0.15, 0.2) is 23.1 Å². The van der Waals surface area contributed by atoms with Crippen molar-refractivity contribution in [2.75, 3.05) is 14.2 Å². The zero-order valence-electron chi connectivity index (χ0n) is 13.6. The average molecular weight is 327 g/mol. The van der Waals surface area contributed by atoms with Crippen LogP contribution in [0, 0.1) is 11.8 Å². The minimum absolute atomic E-state index is 0.0122. The number of ether oxygens (including phenoxy) is 2. The molecule has 0 radical (unpaired) electrons. The standard InChI is InChI=1S/C16H25NO4S/c1-11-6-5-7-14(12(11)2)17-22(18,19)13-8-9-15(20-3)16(10-13)21-4/h8-12,14,17H,5-7H2,1-4H3/t11-,12-,14+/m1/s1. The summed E-state index contributed by atoms with van der Waals surface area (Å²) in [5.41, 5.74) is 0. The Morgan fingerprint density at radius 1 is 1.09 bits per heavy atom. The summed E-state index contributed by atoms with van der Waals surface area (Å²) in [4.78, 5) is 0.204. The van der Waals surface area contributed by atoms with Gasteiger partial charge in [0.2, 0.25) is 10.0 Å². The van der Waals surface area contributed by atoms with Crippen molar-refractivity contribution in [1.82, 2.24) is 4.72 Å². The van der Waals surface area contributed by atoms with Gasteiger partial charge in [0.05, 0.1) is 19.1 Å². The van der Waals surface area contributed by atoms with Gasteiger partial charge in [0.25, 0.3) is 0 Å². The highest BCUT2D eigenvalue weighted by Gasteiger charge is 2.31. The minimum atomic E-state index is -3.56. The predicted molar refractivity (Wildman–Crippen MR) is 85.8 cm³/mol. The van der Waals surface area contributed by atoms with Crippen molar-refractivity contribution in [2.45, 2.75) is 44.0 Å². The number of benzene rings is 1. The maximum atomic E-state index is 12.6. The van der Waals surface area contributed by atoms with Crippen molar-refractivity contribution >= 4 is 10.0 Å². The van der Waals surface area contributed by atoms with Gasteiger partial charge in [-0.05, 0) is 30.4 Å². The molecular weight excluding hydrogens is 302 g/mol. The van der Waals surface area contributed by atoms with Gasteiger partial charge in [-0.15, -0.1) is 0 Å². The van der Waals surface area contributed by atoms with Gasteiger partial charge in [0.1, 0.15) is 0 Å². The summed E-state index contributed by atoms with van der Waals surface area (Å²) < 4.78 is 38.4. The van der Waals surface area contributed by atoms with Crippen LogP contribution in [-0.4, -0.2) is 28.7 Å². The molecule has 1 fully saturated rings. The lowest BCUT2D eigenvalue weighted by molar-refractivity contribution is 0.227. The molecule has 2 rings (SSSR count). The normalized spacial score (nSPS) is 25.7. The van der Waals surface area contributed by atoms with Gasteiger partial charge >= 0.3 is 0 Å². The minimum Gasteiger partial charge on any atom is -0.493 e. The second-order valence-corrected chi connectivity index (χ2v) is 7.73. The number of hydrogen-bond acceptors (Lipinski definition) is 4. The quantitative estimate of drug-likeness (QED) is 0.903. The molecular formula is C16H25NO4S. The monoisotopic (exact) mass is 327 g/mol. The largest absolute Gasteiger partial charge is 0.493 e. The Morgan fingerprint density at radius 3 is 2.41 bits per heavy atom. The molecule has 1 aromatic rings. The molecule has 0 aliphatic heterocycles. The maximum Gasteiger partial charge on any atom is 0.240 e. The van der Waals surface area contributed by atoms with E-state index in [1.807, 2.05) is 0 Å². The molecule has 0 saturated heterocycles. The molecule has 0 aromatic heterocycles. The Labute approximate surface area is 133 Å². The number of hydrogen-bond donors (Lipinski definition) is 1. The van der Waals surface area contributed by atoms with Crippen molar-refractivity contribution in [3.63, 3.8) is 0 Å². The smallest absolute Gasteiger partial charge is 0.240 e. The van der Waals surface area contributed by atoms with Crippen LogP contribution in [0.1, 0.15) is 33.1 Å². The first-order valence-electron chi connectivity index (χ1n) is 7.63. The third-order valence-corrected chi connectivity index (χ3v) is 6.17. The Bertz CT molecular complexity index is 615. The van der Waals surface area contributed by atoms with E-state index in [0.29, 0.717) is 23.3 Å². The number of nitrogens with one attached hydrogen (secondary N) is 1. The molecule has 1 aromatic carbocycles. The fourth-order valence-electron chi connectivity index (χ4n) is 3.00. The van der Waals surface area contributed by atoms with E-state index in [1.165, 1.54) is 20.3 Å². The van der Waals surface area contributed by atoms with Crippen molar-refractivity contribution in [3.8, 4) is 11.5 Å². The highest BCUT2D eigenvalue weighted by atomic mass is 32.2. The van der Waals surface area contributed by atoms with Crippen LogP contribution in [0.3, 0.4) is 0 Å². The Balaban J connectivity index is 2.23. The van der Waals surface area contributed by atoms with E-state index in [4.69, 9.17) is 9.47 Å². The first-order chi connectivity index (χ1) is 10.4. The van der Waals surface area contributed by atoms with Crippen LogP contribution in [0.2, 0.25) is 0 Å². The van der Waals surface area contributed by atoms with Crippen molar-refractivity contribution < 1.29 is 17.9 Å². The van der Waals surface area contributed by atoms with E-state index in [0.717, 1.165) is 19.3 Å². The molecule has 0 unspecified atom stereocenters. The molecule has 0 bridgehead atoms. The molecule has 0 amide bonds. The molecule has 0 heterocycles. The SMILES string of the molecule is COc1ccc(S(=O)(=O)N[C@H]2CCC[C@@H](C)[C@H]2C)cc1OC. The molecule has 1 aliphatic carbocycles. The summed E-state index contributed by atoms with van der Waals surface area (Å²) in [7, 11) is -0.544. The van der Waals surface area contributed by atoms with Gasteiger partial charge in [-0.3, -0.25) is 0 Å². The first-order valence-corrected chi connectivity index (χ1v) is 9.11. The summed E-state index contributed by atoms with van der Waals surface area (Å²) in [6.07, 6.45) is 3.11. The lowest BCUT2D eigenvalue weighted by Gasteiger charge is -2.34. The van der Waals surface area contributed by atoms with Crippen molar-refractivity contribution in [2.24, 2.45) is 11.8 Å². The lowest BCUT2D eigenvalue weighted by atomic mass is 9.78. The summed E-state index contributed by atoms with van der Waals surface area (Å²) in [5.74, 6) is 1.80. The zero-order chi connectivity index (χ0) is 16.3. The predicted octanol–water partition coefficient (Wildman–Crippen LogP) is 2.81. The highest BCUT2D eigenvalue weighted by molar-refractivity contribution is 7.89. The van der Waals surface area contributed by atoms with E-state index in [2.05, 4.69) is 18.6 Å². The van der Waals surface area contributed by atoms with Crippen LogP contribution in [0.5, 0.6) is 11.5 Å². The summed E-state index contributed by atoms with van der Waals surface area (Å²) in [5, 5.41) is 0. The summed E-state index contributed by atoms with van der Waals surface area (Å²) >= 11 is 0. The average Bonchev–Trinajstić information content (AvgIpc) is 2.51. The molecule has 22 heavy (non-hydrogen) atoms. The number of methoxy groups -OCH3 is 2. The summed E-state index contributed by atoms with van der Waals surface area (Å²) in [6, 6.07) is 4.64. The molecule has 1 saturated carbocycles. The fourth-order valence-corrected chi connectivity index (χ4v) is 4.38. The van der Waals surface area contributed by atoms with Gasteiger partial charge in [0.15, 0.2) is 11.5 Å². The molecule has 5 nitrogen and oxygen atoms in total. The lowest BCUT2D eigenvalue weighted by Crippen LogP contribution is -2.43. The van der Waals surface area contributed by atoms with E-state index in [-0.39, 0.29) is 10.9 Å². The van der Waals surface area contributed by atoms with Crippen LogP contribution >= 0.6 is 0 Å². The second-order valence-electron chi connectivity index (χ2n) is 6.01. The Morgan fingerprint density at radius 2 is 1.77 bits per heavy atom. The van der Waals surface area contributed by atoms with Crippen LogP contribution in [0.25, 0.3) is 0 Å². The van der Waals surface area contributed by atoms with Gasteiger partial charge in [-0.25, -0.2) is 13.1 Å². The molecule has 1 aliphatic rings. The Kier molecular flexibility index (Phi) is 5.34. The molecule has 0 spiro atoms. The van der Waals surface area contributed by atoms with E-state index < -0.39 is 10.0 Å². The van der Waals surface area contributed by atoms with Gasteiger partial charge in [-0.2, -0.15) is 0 Å². The highest BCUT2D eigenvalue weighted by Crippen LogP contribution is 2.32. The number of rotatable bonds is 5. The van der Waals surface area contributed by atoms with Crippen molar-refractivity contribution in [3.05, 3.63) is 18.2 Å². The maximum absolute atomic E-state index is 12.6. The molecule has 1 N–H and O–H groups in total. The van der Waals surface area contributed by atoms with Crippen LogP contribution < -0.4 is 14.2 Å². The van der Waals surface area contributed by atoms with Gasteiger partial charge in [-0.1, -0.05) is 26.7 Å². The second kappa shape index (κ2) is 6.87. The Hall–Kier alpha value is -1.27. The molecule has 3 atom stereocenters. The third-order valence-electron chi connectivity index (χ3n) is 4.68. The topological polar surface area (TPSA) is 64.6 Å². The molecule has 124 valence electrons. The van der Waals surface area contributed by atoms with Crippen molar-refractivity contribution in [1.29, 1.82) is 0 Å². The molecule has 6 heteroatoms. The fraction of sp³-hybridized carbons (Fsp3) is 0.625. The third kappa shape index (κ3) is 3.55. The van der Waals surface area contributed by atoms with E-state index in [9.17, 15) is 8.42 Å². The zero-order valence-corrected chi connectivity index (χ0v) is 14.4. The number of sulfonamides is 1. The van der Waals surface area contributed by atoms with Gasteiger partial charge in [0, 0.05) is 12.1 Å². The van der Waals surface area contributed by atoms with E-state index >= 15 is 0 Å². The van der Waals surface area contributed by atoms with Crippen LogP contribution in [-0.2, 0) is 10.0 Å². The van der Waals surface area contributed by atoms with Gasteiger partial charge < -0.3 is 9.47 Å².